The molecule has 0 unspecified atom stereocenters. The maximum Gasteiger partial charge on any atom is 0.409 e. The van der Waals surface area contributed by atoms with E-state index < -0.39 is 0 Å². The highest BCUT2D eigenvalue weighted by molar-refractivity contribution is 6.03. The monoisotopic (exact) mass is 397 g/mol. The molecule has 0 bridgehead atoms. The first-order chi connectivity index (χ1) is 14.0. The number of hydrogen-bond acceptors (Lipinski definition) is 6. The quantitative estimate of drug-likeness (QED) is 0.834. The molecule has 0 atom stereocenters. The molecule has 8 heteroatoms. The lowest BCUT2D eigenvalue weighted by Crippen LogP contribution is -2.49. The second-order valence-corrected chi connectivity index (χ2v) is 7.11. The van der Waals surface area contributed by atoms with E-state index in [4.69, 9.17) is 4.74 Å². The fourth-order valence-electron chi connectivity index (χ4n) is 3.23. The second kappa shape index (κ2) is 9.36. The maximum absolute atomic E-state index is 12.7. The van der Waals surface area contributed by atoms with Crippen LogP contribution in [0, 0.1) is 0 Å². The zero-order valence-electron chi connectivity index (χ0n) is 17.1. The molecule has 2 amide bonds. The van der Waals surface area contributed by atoms with Crippen LogP contribution in [0.2, 0.25) is 0 Å². The number of ether oxygens (including phenoxy) is 1. The molecule has 1 saturated heterocycles. The van der Waals surface area contributed by atoms with E-state index in [1.807, 2.05) is 29.2 Å². The molecule has 0 spiro atoms. The van der Waals surface area contributed by atoms with Gasteiger partial charge in [0.25, 0.3) is 5.91 Å². The first-order valence-corrected chi connectivity index (χ1v) is 9.89. The molecule has 2 heterocycles. The number of nitrogens with zero attached hydrogens (tertiary/aromatic N) is 4. The molecule has 29 heavy (non-hydrogen) atoms. The van der Waals surface area contributed by atoms with E-state index in [-0.39, 0.29) is 12.0 Å². The first kappa shape index (κ1) is 20.6. The van der Waals surface area contributed by atoms with E-state index in [1.54, 1.807) is 24.1 Å². The number of aromatic nitrogens is 2. The highest BCUT2D eigenvalue weighted by Crippen LogP contribution is 2.24. The van der Waals surface area contributed by atoms with Gasteiger partial charge in [-0.2, -0.15) is 0 Å². The number of carbonyl (C=O) groups excluding carboxylic acids is 2. The van der Waals surface area contributed by atoms with Crippen molar-refractivity contribution >= 4 is 23.6 Å². The van der Waals surface area contributed by atoms with Gasteiger partial charge in [0.05, 0.1) is 6.61 Å². The van der Waals surface area contributed by atoms with Gasteiger partial charge >= 0.3 is 6.09 Å². The van der Waals surface area contributed by atoms with Gasteiger partial charge in [0.1, 0.15) is 5.69 Å². The van der Waals surface area contributed by atoms with Crippen LogP contribution in [0.5, 0.6) is 0 Å². The molecule has 0 saturated carbocycles. The minimum Gasteiger partial charge on any atom is -0.450 e. The fraction of sp³-hybridized carbons (Fsp3) is 0.429. The molecule has 2 aromatic rings. The summed E-state index contributed by atoms with van der Waals surface area (Å²) in [6.07, 6.45) is 1.29. The first-order valence-electron chi connectivity index (χ1n) is 9.89. The number of hydrogen-bond donors (Lipinski definition) is 1. The minimum atomic E-state index is -0.301. The Morgan fingerprint density at radius 1 is 1.14 bits per heavy atom. The number of piperazine rings is 1. The number of amides is 2. The summed E-state index contributed by atoms with van der Waals surface area (Å²) < 4.78 is 5.04. The number of benzene rings is 1. The van der Waals surface area contributed by atoms with Crippen molar-refractivity contribution in [1.29, 1.82) is 0 Å². The number of carbonyl (C=O) groups is 2. The molecule has 154 valence electrons. The van der Waals surface area contributed by atoms with E-state index >= 15 is 0 Å². The fourth-order valence-corrected chi connectivity index (χ4v) is 3.23. The Morgan fingerprint density at radius 3 is 2.55 bits per heavy atom. The Kier molecular flexibility index (Phi) is 6.64. The smallest absolute Gasteiger partial charge is 0.409 e. The zero-order valence-corrected chi connectivity index (χ0v) is 17.1. The molecule has 1 fully saturated rings. The topological polar surface area (TPSA) is 87.7 Å². The van der Waals surface area contributed by atoms with Crippen molar-refractivity contribution in [3.8, 4) is 0 Å². The van der Waals surface area contributed by atoms with E-state index in [1.165, 1.54) is 0 Å². The second-order valence-electron chi connectivity index (χ2n) is 7.11. The third kappa shape index (κ3) is 5.01. The number of para-hydroxylation sites is 1. The Labute approximate surface area is 170 Å². The average molecular weight is 397 g/mol. The van der Waals surface area contributed by atoms with Gasteiger partial charge in [0, 0.05) is 38.1 Å². The van der Waals surface area contributed by atoms with Crippen LogP contribution in [-0.2, 0) is 4.74 Å². The Morgan fingerprint density at radius 2 is 1.86 bits per heavy atom. The third-order valence-corrected chi connectivity index (χ3v) is 4.80. The van der Waals surface area contributed by atoms with E-state index in [2.05, 4.69) is 29.1 Å². The van der Waals surface area contributed by atoms with Gasteiger partial charge in [-0.15, -0.1) is 0 Å². The molecule has 1 aromatic carbocycles. The van der Waals surface area contributed by atoms with Gasteiger partial charge in [-0.05, 0) is 30.5 Å². The lowest BCUT2D eigenvalue weighted by Gasteiger charge is -2.34. The Bertz CT molecular complexity index is 863. The molecule has 8 nitrogen and oxygen atoms in total. The van der Waals surface area contributed by atoms with Crippen molar-refractivity contribution in [1.82, 2.24) is 14.9 Å². The van der Waals surface area contributed by atoms with Crippen LogP contribution < -0.4 is 10.2 Å². The van der Waals surface area contributed by atoms with E-state index in [0.717, 1.165) is 11.3 Å². The summed E-state index contributed by atoms with van der Waals surface area (Å²) in [6.45, 7) is 8.55. The van der Waals surface area contributed by atoms with Crippen LogP contribution >= 0.6 is 0 Å². The zero-order chi connectivity index (χ0) is 20.8. The standard InChI is InChI=1S/C21H27N5O3/c1-4-29-21(28)26-13-11-25(12-14-26)20-22-10-9-18(24-20)19(27)23-17-8-6-5-7-16(17)15(2)3/h5-10,15H,4,11-14H2,1-3H3,(H,23,27). The predicted molar refractivity (Wildman–Crippen MR) is 111 cm³/mol. The number of nitrogens with one attached hydrogen (secondary N) is 1. The van der Waals surface area contributed by atoms with Crippen LogP contribution in [0.4, 0.5) is 16.4 Å². The molecule has 1 aromatic heterocycles. The molecular weight excluding hydrogens is 370 g/mol. The minimum absolute atomic E-state index is 0.271. The van der Waals surface area contributed by atoms with Gasteiger partial charge in [-0.3, -0.25) is 4.79 Å². The summed E-state index contributed by atoms with van der Waals surface area (Å²) in [7, 11) is 0. The summed E-state index contributed by atoms with van der Waals surface area (Å²) in [6, 6.07) is 9.37. The van der Waals surface area contributed by atoms with E-state index in [9.17, 15) is 9.59 Å². The van der Waals surface area contributed by atoms with Crippen molar-refractivity contribution in [2.24, 2.45) is 0 Å². The largest absolute Gasteiger partial charge is 0.450 e. The molecule has 1 N–H and O–H groups in total. The third-order valence-electron chi connectivity index (χ3n) is 4.80. The van der Waals surface area contributed by atoms with Crippen molar-refractivity contribution in [3.05, 3.63) is 47.8 Å². The van der Waals surface area contributed by atoms with Crippen LogP contribution in [0.15, 0.2) is 36.5 Å². The molecule has 1 aliphatic heterocycles. The highest BCUT2D eigenvalue weighted by atomic mass is 16.6. The molecule has 0 radical (unpaired) electrons. The molecular formula is C21H27N5O3. The van der Waals surface area contributed by atoms with Crippen LogP contribution in [0.25, 0.3) is 0 Å². The Hall–Kier alpha value is -3.16. The van der Waals surface area contributed by atoms with Crippen LogP contribution in [-0.4, -0.2) is 59.7 Å². The van der Waals surface area contributed by atoms with Gasteiger partial charge in [0.15, 0.2) is 0 Å². The summed E-state index contributed by atoms with van der Waals surface area (Å²) in [5.74, 6) is 0.508. The predicted octanol–water partition coefficient (Wildman–Crippen LogP) is 3.13. The summed E-state index contributed by atoms with van der Waals surface area (Å²) in [4.78, 5) is 37.0. The number of rotatable bonds is 5. The summed E-state index contributed by atoms with van der Waals surface area (Å²) in [5, 5.41) is 2.96. The molecule has 0 aliphatic carbocycles. The summed E-state index contributed by atoms with van der Waals surface area (Å²) in [5.41, 5.74) is 2.17. The summed E-state index contributed by atoms with van der Waals surface area (Å²) >= 11 is 0. The lowest BCUT2D eigenvalue weighted by atomic mass is 10.0. The highest BCUT2D eigenvalue weighted by Gasteiger charge is 2.24. The normalized spacial score (nSPS) is 14.1. The van der Waals surface area contributed by atoms with Crippen molar-refractivity contribution < 1.29 is 14.3 Å². The lowest BCUT2D eigenvalue weighted by molar-refractivity contribution is 0.102. The molecule has 3 rings (SSSR count). The van der Waals surface area contributed by atoms with Crippen LogP contribution in [0.1, 0.15) is 42.7 Å². The maximum atomic E-state index is 12.7. The average Bonchev–Trinajstić information content (AvgIpc) is 2.74. The van der Waals surface area contributed by atoms with Gasteiger partial charge in [-0.1, -0.05) is 32.0 Å². The van der Waals surface area contributed by atoms with Crippen LogP contribution in [0.3, 0.4) is 0 Å². The van der Waals surface area contributed by atoms with Crippen molar-refractivity contribution in [3.63, 3.8) is 0 Å². The van der Waals surface area contributed by atoms with Gasteiger partial charge < -0.3 is 19.9 Å². The van der Waals surface area contributed by atoms with Gasteiger partial charge in [0.2, 0.25) is 5.95 Å². The van der Waals surface area contributed by atoms with Gasteiger partial charge in [-0.25, -0.2) is 14.8 Å². The molecule has 1 aliphatic rings. The number of anilines is 2. The Balaban J connectivity index is 1.67. The van der Waals surface area contributed by atoms with E-state index in [0.29, 0.717) is 50.3 Å². The van der Waals surface area contributed by atoms with Crippen molar-refractivity contribution in [2.45, 2.75) is 26.7 Å². The van der Waals surface area contributed by atoms with Crippen molar-refractivity contribution in [2.75, 3.05) is 43.0 Å². The SMILES string of the molecule is CCOC(=O)N1CCN(c2nccc(C(=O)Nc3ccccc3C(C)C)n2)CC1.